The molecule has 0 aliphatic heterocycles. The Hall–Kier alpha value is -3.17. The number of amides is 1. The van der Waals surface area contributed by atoms with Crippen LogP contribution in [0, 0.1) is 6.92 Å². The van der Waals surface area contributed by atoms with Crippen molar-refractivity contribution in [1.82, 2.24) is 4.31 Å². The molecule has 2 aromatic carbocycles. The number of aryl methyl sites for hydroxylation is 1. The first-order chi connectivity index (χ1) is 13.7. The highest BCUT2D eigenvalue weighted by molar-refractivity contribution is 7.89. The smallest absolute Gasteiger partial charge is 0.375 e. The van der Waals surface area contributed by atoms with Crippen LogP contribution in [-0.4, -0.2) is 45.3 Å². The van der Waals surface area contributed by atoms with Gasteiger partial charge >= 0.3 is 5.97 Å². The molecule has 0 aliphatic carbocycles. The van der Waals surface area contributed by atoms with Crippen molar-refractivity contribution in [3.05, 3.63) is 59.9 Å². The Morgan fingerprint density at radius 2 is 1.72 bits per heavy atom. The molecule has 0 radical (unpaired) electrons. The molecule has 0 saturated heterocycles. The zero-order chi connectivity index (χ0) is 21.2. The zero-order valence-corrected chi connectivity index (χ0v) is 16.9. The SMILES string of the molecule is Cc1c(C(=O)OCC(=O)Nc2ccc(S(=O)(=O)N(C)C)cc2)oc2ccccc12. The average molecular weight is 416 g/mol. The number of carbonyl (C=O) groups excluding carboxylic acids is 2. The van der Waals surface area contributed by atoms with Gasteiger partial charge in [-0.3, -0.25) is 4.79 Å². The quantitative estimate of drug-likeness (QED) is 0.620. The van der Waals surface area contributed by atoms with Gasteiger partial charge in [0.15, 0.2) is 6.61 Å². The van der Waals surface area contributed by atoms with E-state index < -0.39 is 28.5 Å². The van der Waals surface area contributed by atoms with Gasteiger partial charge in [0.2, 0.25) is 15.8 Å². The van der Waals surface area contributed by atoms with Gasteiger partial charge in [-0.1, -0.05) is 18.2 Å². The van der Waals surface area contributed by atoms with Gasteiger partial charge in [-0.2, -0.15) is 0 Å². The van der Waals surface area contributed by atoms with Crippen LogP contribution in [0.2, 0.25) is 0 Å². The Kier molecular flexibility index (Phi) is 5.71. The molecular weight excluding hydrogens is 396 g/mol. The van der Waals surface area contributed by atoms with Crippen LogP contribution < -0.4 is 5.32 Å². The van der Waals surface area contributed by atoms with Crippen LogP contribution in [0.4, 0.5) is 5.69 Å². The van der Waals surface area contributed by atoms with Crippen molar-refractivity contribution in [2.45, 2.75) is 11.8 Å². The third kappa shape index (κ3) is 4.30. The van der Waals surface area contributed by atoms with Crippen LogP contribution in [0.1, 0.15) is 16.1 Å². The molecule has 0 saturated carbocycles. The van der Waals surface area contributed by atoms with Crippen molar-refractivity contribution in [2.75, 3.05) is 26.0 Å². The van der Waals surface area contributed by atoms with Gasteiger partial charge in [0.1, 0.15) is 5.58 Å². The highest BCUT2D eigenvalue weighted by atomic mass is 32.2. The van der Waals surface area contributed by atoms with Gasteiger partial charge in [0.25, 0.3) is 5.91 Å². The van der Waals surface area contributed by atoms with Gasteiger partial charge in [-0.25, -0.2) is 17.5 Å². The number of para-hydroxylation sites is 1. The largest absolute Gasteiger partial charge is 0.450 e. The van der Waals surface area contributed by atoms with E-state index in [1.165, 1.54) is 38.4 Å². The van der Waals surface area contributed by atoms with Crippen molar-refractivity contribution in [1.29, 1.82) is 0 Å². The van der Waals surface area contributed by atoms with E-state index in [4.69, 9.17) is 9.15 Å². The molecule has 1 amide bonds. The van der Waals surface area contributed by atoms with Gasteiger partial charge in [0.05, 0.1) is 4.90 Å². The Bertz CT molecular complexity index is 1160. The molecule has 1 N–H and O–H groups in total. The van der Waals surface area contributed by atoms with E-state index in [9.17, 15) is 18.0 Å². The van der Waals surface area contributed by atoms with Crippen LogP contribution in [-0.2, 0) is 19.6 Å². The predicted octanol–water partition coefficient (Wildman–Crippen LogP) is 2.79. The lowest BCUT2D eigenvalue weighted by Crippen LogP contribution is -2.22. The highest BCUT2D eigenvalue weighted by Gasteiger charge is 2.20. The van der Waals surface area contributed by atoms with Gasteiger partial charge in [-0.15, -0.1) is 0 Å². The molecule has 0 atom stereocenters. The standard InChI is InChI=1S/C20H20N2O6S/c1-13-16-6-4-5-7-17(16)28-19(13)20(24)27-12-18(23)21-14-8-10-15(11-9-14)29(25,26)22(2)3/h4-11H,12H2,1-3H3,(H,21,23). The first kappa shape index (κ1) is 20.6. The van der Waals surface area contributed by atoms with Crippen molar-refractivity contribution < 1.29 is 27.2 Å². The molecule has 0 aliphatic rings. The molecule has 3 aromatic rings. The number of ether oxygens (including phenoxy) is 1. The van der Waals surface area contributed by atoms with Gasteiger partial charge in [-0.05, 0) is 37.3 Å². The van der Waals surface area contributed by atoms with Crippen molar-refractivity contribution in [2.24, 2.45) is 0 Å². The number of hydrogen-bond donors (Lipinski definition) is 1. The first-order valence-electron chi connectivity index (χ1n) is 8.68. The zero-order valence-electron chi connectivity index (χ0n) is 16.1. The number of benzene rings is 2. The van der Waals surface area contributed by atoms with E-state index in [2.05, 4.69) is 5.32 Å². The van der Waals surface area contributed by atoms with Crippen molar-refractivity contribution in [3.63, 3.8) is 0 Å². The summed E-state index contributed by atoms with van der Waals surface area (Å²) < 4.78 is 35.7. The first-order valence-corrected chi connectivity index (χ1v) is 10.1. The van der Waals surface area contributed by atoms with Crippen LogP contribution in [0.15, 0.2) is 57.8 Å². The third-order valence-corrected chi connectivity index (χ3v) is 6.11. The van der Waals surface area contributed by atoms with E-state index in [1.807, 2.05) is 12.1 Å². The predicted molar refractivity (Wildman–Crippen MR) is 107 cm³/mol. The maximum atomic E-state index is 12.2. The Morgan fingerprint density at radius 1 is 1.07 bits per heavy atom. The molecule has 0 spiro atoms. The summed E-state index contributed by atoms with van der Waals surface area (Å²) in [4.78, 5) is 24.4. The van der Waals surface area contributed by atoms with Crippen LogP contribution in [0.5, 0.6) is 0 Å². The number of anilines is 1. The fourth-order valence-electron chi connectivity index (χ4n) is 2.68. The second-order valence-electron chi connectivity index (χ2n) is 6.49. The topological polar surface area (TPSA) is 106 Å². The summed E-state index contributed by atoms with van der Waals surface area (Å²) in [6, 6.07) is 12.9. The number of nitrogens with one attached hydrogen (secondary N) is 1. The lowest BCUT2D eigenvalue weighted by molar-refractivity contribution is -0.119. The second kappa shape index (κ2) is 8.06. The third-order valence-electron chi connectivity index (χ3n) is 4.28. The molecule has 0 fully saturated rings. The Balaban J connectivity index is 1.61. The number of rotatable bonds is 6. The number of nitrogens with zero attached hydrogens (tertiary/aromatic N) is 1. The minimum absolute atomic E-state index is 0.0530. The lowest BCUT2D eigenvalue weighted by atomic mass is 10.1. The molecule has 3 rings (SSSR count). The van der Waals surface area contributed by atoms with Crippen LogP contribution >= 0.6 is 0 Å². The van der Waals surface area contributed by atoms with E-state index in [-0.39, 0.29) is 10.7 Å². The minimum Gasteiger partial charge on any atom is -0.450 e. The molecule has 0 unspecified atom stereocenters. The fraction of sp³-hybridized carbons (Fsp3) is 0.200. The van der Waals surface area contributed by atoms with Crippen LogP contribution in [0.25, 0.3) is 11.0 Å². The summed E-state index contributed by atoms with van der Waals surface area (Å²) in [5.74, 6) is -1.24. The highest BCUT2D eigenvalue weighted by Crippen LogP contribution is 2.25. The summed E-state index contributed by atoms with van der Waals surface area (Å²) >= 11 is 0. The lowest BCUT2D eigenvalue weighted by Gasteiger charge is -2.12. The summed E-state index contributed by atoms with van der Waals surface area (Å²) in [5, 5.41) is 3.35. The number of sulfonamides is 1. The molecule has 0 bridgehead atoms. The van der Waals surface area contributed by atoms with E-state index in [0.29, 0.717) is 16.8 Å². The monoisotopic (exact) mass is 416 g/mol. The van der Waals surface area contributed by atoms with E-state index in [0.717, 1.165) is 9.69 Å². The van der Waals surface area contributed by atoms with Gasteiger partial charge < -0.3 is 14.5 Å². The molecule has 152 valence electrons. The van der Waals surface area contributed by atoms with E-state index >= 15 is 0 Å². The summed E-state index contributed by atoms with van der Waals surface area (Å²) in [6.45, 7) is 1.24. The molecule has 1 aromatic heterocycles. The number of fused-ring (bicyclic) bond motifs is 1. The maximum Gasteiger partial charge on any atom is 0.375 e. The molecular formula is C20H20N2O6S. The van der Waals surface area contributed by atoms with Crippen molar-refractivity contribution in [3.8, 4) is 0 Å². The average Bonchev–Trinajstić information content (AvgIpc) is 3.03. The summed E-state index contributed by atoms with van der Waals surface area (Å²) in [5.41, 5.74) is 1.58. The molecule has 29 heavy (non-hydrogen) atoms. The Labute approximate surface area is 168 Å². The number of furan rings is 1. The maximum absolute atomic E-state index is 12.2. The second-order valence-corrected chi connectivity index (χ2v) is 8.64. The fourth-order valence-corrected chi connectivity index (χ4v) is 3.59. The Morgan fingerprint density at radius 3 is 2.34 bits per heavy atom. The number of hydrogen-bond acceptors (Lipinski definition) is 6. The van der Waals surface area contributed by atoms with Crippen LogP contribution in [0.3, 0.4) is 0 Å². The minimum atomic E-state index is -3.55. The molecule has 8 nitrogen and oxygen atoms in total. The molecule has 9 heteroatoms. The molecule has 1 heterocycles. The van der Waals surface area contributed by atoms with Gasteiger partial charge in [0, 0.05) is 30.7 Å². The number of esters is 1. The normalized spacial score (nSPS) is 11.6. The number of carbonyl (C=O) groups is 2. The summed E-state index contributed by atoms with van der Waals surface area (Å²) in [6.07, 6.45) is 0. The van der Waals surface area contributed by atoms with Crippen molar-refractivity contribution >= 4 is 38.6 Å². The van der Waals surface area contributed by atoms with E-state index in [1.54, 1.807) is 19.1 Å². The summed E-state index contributed by atoms with van der Waals surface area (Å²) in [7, 11) is -0.681.